The van der Waals surface area contributed by atoms with Crippen LogP contribution in [0.4, 0.5) is 0 Å². The SMILES string of the molecule is Cc1ccc(-c2nnc3n2CCCC3CO)o1. The molecule has 3 rings (SSSR count). The number of nitrogens with zero attached hydrogens (tertiary/aromatic N) is 3. The normalized spacial score (nSPS) is 19.3. The summed E-state index contributed by atoms with van der Waals surface area (Å²) in [4.78, 5) is 0. The van der Waals surface area contributed by atoms with E-state index in [-0.39, 0.29) is 12.5 Å². The maximum absolute atomic E-state index is 9.32. The maximum atomic E-state index is 9.32. The van der Waals surface area contributed by atoms with Crippen LogP contribution in [0.25, 0.3) is 11.6 Å². The first kappa shape index (κ1) is 10.5. The molecule has 0 fully saturated rings. The zero-order valence-corrected chi connectivity index (χ0v) is 9.76. The largest absolute Gasteiger partial charge is 0.458 e. The Hall–Kier alpha value is -1.62. The third kappa shape index (κ3) is 1.67. The van der Waals surface area contributed by atoms with Crippen LogP contribution < -0.4 is 0 Å². The summed E-state index contributed by atoms with van der Waals surface area (Å²) in [6, 6.07) is 3.83. The molecule has 0 aromatic carbocycles. The fraction of sp³-hybridized carbons (Fsp3) is 0.500. The summed E-state index contributed by atoms with van der Waals surface area (Å²) >= 11 is 0. The first-order valence-corrected chi connectivity index (χ1v) is 5.90. The molecule has 2 aromatic rings. The molecule has 0 aliphatic carbocycles. The molecule has 1 aliphatic heterocycles. The molecule has 1 aliphatic rings. The molecule has 0 bridgehead atoms. The lowest BCUT2D eigenvalue weighted by Crippen LogP contribution is -2.19. The Morgan fingerprint density at radius 3 is 3.06 bits per heavy atom. The van der Waals surface area contributed by atoms with E-state index >= 15 is 0 Å². The monoisotopic (exact) mass is 233 g/mol. The molecule has 0 amide bonds. The summed E-state index contributed by atoms with van der Waals surface area (Å²) in [5, 5.41) is 17.7. The van der Waals surface area contributed by atoms with Crippen molar-refractivity contribution in [1.82, 2.24) is 14.8 Å². The number of aliphatic hydroxyl groups is 1. The predicted molar refractivity (Wildman–Crippen MR) is 61.5 cm³/mol. The number of furan rings is 1. The van der Waals surface area contributed by atoms with Gasteiger partial charge in [0.15, 0.2) is 11.6 Å². The van der Waals surface area contributed by atoms with Crippen LogP contribution in [0.15, 0.2) is 16.5 Å². The van der Waals surface area contributed by atoms with E-state index in [2.05, 4.69) is 14.8 Å². The summed E-state index contributed by atoms with van der Waals surface area (Å²) in [5.41, 5.74) is 0. The van der Waals surface area contributed by atoms with Crippen LogP contribution in [-0.4, -0.2) is 26.5 Å². The zero-order chi connectivity index (χ0) is 11.8. The van der Waals surface area contributed by atoms with E-state index in [0.717, 1.165) is 42.6 Å². The third-order valence-corrected chi connectivity index (χ3v) is 3.26. The number of aliphatic hydroxyl groups excluding tert-OH is 1. The van der Waals surface area contributed by atoms with Crippen LogP contribution in [-0.2, 0) is 6.54 Å². The lowest BCUT2D eigenvalue weighted by molar-refractivity contribution is 0.238. The fourth-order valence-corrected chi connectivity index (χ4v) is 2.37. The molecule has 90 valence electrons. The van der Waals surface area contributed by atoms with Crippen molar-refractivity contribution in [3.05, 3.63) is 23.7 Å². The molecular weight excluding hydrogens is 218 g/mol. The van der Waals surface area contributed by atoms with E-state index in [1.54, 1.807) is 0 Å². The van der Waals surface area contributed by atoms with Crippen molar-refractivity contribution in [2.75, 3.05) is 6.61 Å². The van der Waals surface area contributed by atoms with Gasteiger partial charge in [-0.2, -0.15) is 0 Å². The molecule has 2 aromatic heterocycles. The summed E-state index contributed by atoms with van der Waals surface area (Å²) in [5.74, 6) is 3.38. The highest BCUT2D eigenvalue weighted by atomic mass is 16.3. The quantitative estimate of drug-likeness (QED) is 0.857. The minimum Gasteiger partial charge on any atom is -0.458 e. The van der Waals surface area contributed by atoms with Crippen LogP contribution in [0.2, 0.25) is 0 Å². The third-order valence-electron chi connectivity index (χ3n) is 3.26. The van der Waals surface area contributed by atoms with Gasteiger partial charge in [0.05, 0.1) is 6.61 Å². The fourth-order valence-electron chi connectivity index (χ4n) is 2.37. The number of hydrogen-bond acceptors (Lipinski definition) is 4. The molecule has 0 saturated heterocycles. The Balaban J connectivity index is 2.05. The van der Waals surface area contributed by atoms with Gasteiger partial charge in [-0.3, -0.25) is 0 Å². The van der Waals surface area contributed by atoms with E-state index < -0.39 is 0 Å². The molecule has 1 N–H and O–H groups in total. The van der Waals surface area contributed by atoms with E-state index in [0.29, 0.717) is 0 Å². The van der Waals surface area contributed by atoms with Crippen molar-refractivity contribution >= 4 is 0 Å². The summed E-state index contributed by atoms with van der Waals surface area (Å²) in [7, 11) is 0. The molecule has 0 saturated carbocycles. The smallest absolute Gasteiger partial charge is 0.199 e. The average molecular weight is 233 g/mol. The number of rotatable bonds is 2. The maximum Gasteiger partial charge on any atom is 0.199 e. The van der Waals surface area contributed by atoms with Crippen LogP contribution in [0.5, 0.6) is 0 Å². The average Bonchev–Trinajstić information content (AvgIpc) is 2.94. The zero-order valence-electron chi connectivity index (χ0n) is 9.76. The Labute approximate surface area is 99.1 Å². The number of aryl methyl sites for hydroxylation is 1. The second-order valence-electron chi connectivity index (χ2n) is 4.47. The Morgan fingerprint density at radius 1 is 1.47 bits per heavy atom. The second kappa shape index (κ2) is 4.00. The van der Waals surface area contributed by atoms with E-state index in [4.69, 9.17) is 4.42 Å². The highest BCUT2D eigenvalue weighted by Crippen LogP contribution is 2.30. The number of aromatic nitrogens is 3. The van der Waals surface area contributed by atoms with Gasteiger partial charge in [-0.15, -0.1) is 10.2 Å². The van der Waals surface area contributed by atoms with Crippen LogP contribution >= 0.6 is 0 Å². The first-order chi connectivity index (χ1) is 8.29. The van der Waals surface area contributed by atoms with Crippen molar-refractivity contribution in [2.45, 2.75) is 32.2 Å². The van der Waals surface area contributed by atoms with Gasteiger partial charge in [0.2, 0.25) is 0 Å². The van der Waals surface area contributed by atoms with Gasteiger partial charge in [-0.25, -0.2) is 0 Å². The second-order valence-corrected chi connectivity index (χ2v) is 4.47. The molecule has 5 heteroatoms. The van der Waals surface area contributed by atoms with Gasteiger partial charge >= 0.3 is 0 Å². The molecule has 1 atom stereocenters. The molecular formula is C12H15N3O2. The molecule has 5 nitrogen and oxygen atoms in total. The Bertz CT molecular complexity index is 530. The Kier molecular flexibility index (Phi) is 2.48. The van der Waals surface area contributed by atoms with Crippen LogP contribution in [0.3, 0.4) is 0 Å². The topological polar surface area (TPSA) is 64.1 Å². The summed E-state index contributed by atoms with van der Waals surface area (Å²) in [6.45, 7) is 2.94. The van der Waals surface area contributed by atoms with Gasteiger partial charge in [0, 0.05) is 12.5 Å². The van der Waals surface area contributed by atoms with Gasteiger partial charge in [0.25, 0.3) is 0 Å². The molecule has 0 spiro atoms. The van der Waals surface area contributed by atoms with E-state index in [1.165, 1.54) is 0 Å². The minimum atomic E-state index is 0.112. The van der Waals surface area contributed by atoms with Gasteiger partial charge in [-0.1, -0.05) is 0 Å². The van der Waals surface area contributed by atoms with Gasteiger partial charge < -0.3 is 14.1 Å². The lowest BCUT2D eigenvalue weighted by Gasteiger charge is -2.21. The summed E-state index contributed by atoms with van der Waals surface area (Å²) in [6.07, 6.45) is 2.02. The number of fused-ring (bicyclic) bond motifs is 1. The molecule has 0 radical (unpaired) electrons. The highest BCUT2D eigenvalue weighted by molar-refractivity contribution is 5.48. The van der Waals surface area contributed by atoms with Crippen molar-refractivity contribution in [2.24, 2.45) is 0 Å². The Morgan fingerprint density at radius 2 is 2.35 bits per heavy atom. The van der Waals surface area contributed by atoms with Crippen LogP contribution in [0.1, 0.15) is 30.3 Å². The minimum absolute atomic E-state index is 0.112. The first-order valence-electron chi connectivity index (χ1n) is 5.90. The molecule has 1 unspecified atom stereocenters. The van der Waals surface area contributed by atoms with Crippen LogP contribution in [0, 0.1) is 6.92 Å². The van der Waals surface area contributed by atoms with Crippen molar-refractivity contribution in [3.63, 3.8) is 0 Å². The van der Waals surface area contributed by atoms with Crippen molar-refractivity contribution < 1.29 is 9.52 Å². The summed E-state index contributed by atoms with van der Waals surface area (Å²) < 4.78 is 7.64. The standard InChI is InChI=1S/C12H15N3O2/c1-8-4-5-10(17-8)12-14-13-11-9(7-16)3-2-6-15(11)12/h4-5,9,16H,2-3,6-7H2,1H3. The number of hydrogen-bond donors (Lipinski definition) is 1. The highest BCUT2D eigenvalue weighted by Gasteiger charge is 2.26. The van der Waals surface area contributed by atoms with Gasteiger partial charge in [0.1, 0.15) is 11.6 Å². The van der Waals surface area contributed by atoms with Crippen molar-refractivity contribution in [3.8, 4) is 11.6 Å². The lowest BCUT2D eigenvalue weighted by atomic mass is 10.00. The van der Waals surface area contributed by atoms with Crippen molar-refractivity contribution in [1.29, 1.82) is 0 Å². The van der Waals surface area contributed by atoms with Gasteiger partial charge in [-0.05, 0) is 31.9 Å². The molecule has 3 heterocycles. The van der Waals surface area contributed by atoms with E-state index in [1.807, 2.05) is 19.1 Å². The van der Waals surface area contributed by atoms with E-state index in [9.17, 15) is 5.11 Å². The predicted octanol–water partition coefficient (Wildman–Crippen LogP) is 1.72. The molecule has 17 heavy (non-hydrogen) atoms.